The first-order valence-electron chi connectivity index (χ1n) is 6.89. The molecule has 1 aliphatic carbocycles. The second-order valence-electron chi connectivity index (χ2n) is 5.57. The standard InChI is InChI=1S/C14H26N2O/c1-3-12-6-4-7-13(10-12)17-9-5-8-14(2,16)11-15/h12-13H,3-10,16H2,1-2H3. The zero-order valence-electron chi connectivity index (χ0n) is 11.2. The van der Waals surface area contributed by atoms with Crippen LogP contribution in [0.25, 0.3) is 0 Å². The first kappa shape index (κ1) is 14.5. The average molecular weight is 238 g/mol. The topological polar surface area (TPSA) is 59.0 Å². The lowest BCUT2D eigenvalue weighted by Crippen LogP contribution is -2.34. The molecule has 2 N–H and O–H groups in total. The summed E-state index contributed by atoms with van der Waals surface area (Å²) in [4.78, 5) is 0. The molecule has 1 rings (SSSR count). The highest BCUT2D eigenvalue weighted by Crippen LogP contribution is 2.28. The molecule has 0 radical (unpaired) electrons. The highest BCUT2D eigenvalue weighted by molar-refractivity contribution is 5.00. The lowest BCUT2D eigenvalue weighted by Gasteiger charge is -2.28. The van der Waals surface area contributed by atoms with Crippen LogP contribution in [-0.4, -0.2) is 18.2 Å². The maximum absolute atomic E-state index is 8.79. The predicted octanol–water partition coefficient (Wildman–Crippen LogP) is 2.99. The fourth-order valence-electron chi connectivity index (χ4n) is 2.51. The molecule has 0 saturated heterocycles. The first-order valence-corrected chi connectivity index (χ1v) is 6.89. The van der Waals surface area contributed by atoms with E-state index in [1.54, 1.807) is 6.92 Å². The molecule has 3 atom stereocenters. The summed E-state index contributed by atoms with van der Waals surface area (Å²) in [7, 11) is 0. The predicted molar refractivity (Wildman–Crippen MR) is 69.4 cm³/mol. The van der Waals surface area contributed by atoms with Gasteiger partial charge in [-0.3, -0.25) is 0 Å². The molecule has 3 heteroatoms. The van der Waals surface area contributed by atoms with Gasteiger partial charge in [-0.25, -0.2) is 0 Å². The number of ether oxygens (including phenoxy) is 1. The van der Waals surface area contributed by atoms with Crippen molar-refractivity contribution in [2.45, 2.75) is 70.4 Å². The van der Waals surface area contributed by atoms with E-state index in [4.69, 9.17) is 15.7 Å². The van der Waals surface area contributed by atoms with Crippen molar-refractivity contribution in [2.75, 3.05) is 6.61 Å². The summed E-state index contributed by atoms with van der Waals surface area (Å²) in [6, 6.07) is 2.12. The molecule has 0 aromatic rings. The first-order chi connectivity index (χ1) is 8.07. The molecule has 98 valence electrons. The molecule has 3 unspecified atom stereocenters. The average Bonchev–Trinajstić information content (AvgIpc) is 2.35. The highest BCUT2D eigenvalue weighted by atomic mass is 16.5. The van der Waals surface area contributed by atoms with Gasteiger partial charge in [-0.15, -0.1) is 0 Å². The molecule has 0 heterocycles. The fraction of sp³-hybridized carbons (Fsp3) is 0.929. The van der Waals surface area contributed by atoms with Crippen LogP contribution in [0.4, 0.5) is 0 Å². The maximum atomic E-state index is 8.79. The summed E-state index contributed by atoms with van der Waals surface area (Å²) in [5.74, 6) is 0.854. The van der Waals surface area contributed by atoms with Crippen molar-refractivity contribution in [3.8, 4) is 6.07 Å². The molecule has 1 saturated carbocycles. The van der Waals surface area contributed by atoms with Crippen molar-refractivity contribution in [1.82, 2.24) is 0 Å². The molecule has 0 amide bonds. The Morgan fingerprint density at radius 2 is 2.24 bits per heavy atom. The van der Waals surface area contributed by atoms with E-state index in [0.29, 0.717) is 12.5 Å². The van der Waals surface area contributed by atoms with Crippen LogP contribution < -0.4 is 5.73 Å². The minimum atomic E-state index is -0.693. The Balaban J connectivity index is 2.12. The molecule has 0 aromatic carbocycles. The highest BCUT2D eigenvalue weighted by Gasteiger charge is 2.21. The van der Waals surface area contributed by atoms with Crippen LogP contribution in [0.5, 0.6) is 0 Å². The third-order valence-corrected chi connectivity index (χ3v) is 3.76. The molecule has 0 aromatic heterocycles. The van der Waals surface area contributed by atoms with Crippen LogP contribution in [0.2, 0.25) is 0 Å². The summed E-state index contributed by atoms with van der Waals surface area (Å²) < 4.78 is 5.89. The van der Waals surface area contributed by atoms with E-state index in [0.717, 1.165) is 18.9 Å². The van der Waals surface area contributed by atoms with E-state index in [9.17, 15) is 0 Å². The molecule has 17 heavy (non-hydrogen) atoms. The summed E-state index contributed by atoms with van der Waals surface area (Å²) in [5, 5.41) is 8.79. The van der Waals surface area contributed by atoms with Crippen molar-refractivity contribution < 1.29 is 4.74 Å². The Morgan fingerprint density at radius 1 is 1.47 bits per heavy atom. The van der Waals surface area contributed by atoms with Gasteiger partial charge in [0.25, 0.3) is 0 Å². The lowest BCUT2D eigenvalue weighted by atomic mass is 9.85. The fourth-order valence-corrected chi connectivity index (χ4v) is 2.51. The molecule has 0 bridgehead atoms. The maximum Gasteiger partial charge on any atom is 0.101 e. The third-order valence-electron chi connectivity index (χ3n) is 3.76. The SMILES string of the molecule is CCC1CCCC(OCCCC(C)(N)C#N)C1. The van der Waals surface area contributed by atoms with Crippen molar-refractivity contribution in [3.05, 3.63) is 0 Å². The van der Waals surface area contributed by atoms with Gasteiger partial charge in [0.05, 0.1) is 12.2 Å². The Bertz CT molecular complexity index is 257. The van der Waals surface area contributed by atoms with Crippen molar-refractivity contribution in [1.29, 1.82) is 5.26 Å². The Morgan fingerprint density at radius 3 is 2.88 bits per heavy atom. The Kier molecular flexibility index (Phi) is 5.94. The zero-order valence-corrected chi connectivity index (χ0v) is 11.2. The molecular formula is C14H26N2O. The van der Waals surface area contributed by atoms with Gasteiger partial charge in [0.2, 0.25) is 0 Å². The molecule has 1 aliphatic rings. The second-order valence-corrected chi connectivity index (χ2v) is 5.57. The number of nitrogens with two attached hydrogens (primary N) is 1. The van der Waals surface area contributed by atoms with Gasteiger partial charge in [0, 0.05) is 6.61 Å². The lowest BCUT2D eigenvalue weighted by molar-refractivity contribution is 0.00984. The summed E-state index contributed by atoms with van der Waals surface area (Å²) in [5.41, 5.74) is 5.07. The number of rotatable bonds is 6. The van der Waals surface area contributed by atoms with Crippen LogP contribution in [0.1, 0.15) is 58.8 Å². The molecule has 1 fully saturated rings. The van der Waals surface area contributed by atoms with Gasteiger partial charge < -0.3 is 10.5 Å². The van der Waals surface area contributed by atoms with Gasteiger partial charge in [0.1, 0.15) is 5.54 Å². The number of hydrogen-bond acceptors (Lipinski definition) is 3. The van der Waals surface area contributed by atoms with Crippen molar-refractivity contribution in [2.24, 2.45) is 11.7 Å². The van der Waals surface area contributed by atoms with E-state index in [2.05, 4.69) is 13.0 Å². The number of hydrogen-bond donors (Lipinski definition) is 1. The minimum absolute atomic E-state index is 0.444. The molecule has 0 spiro atoms. The number of nitriles is 1. The van der Waals surface area contributed by atoms with Crippen LogP contribution in [0.3, 0.4) is 0 Å². The molecular weight excluding hydrogens is 212 g/mol. The summed E-state index contributed by atoms with van der Waals surface area (Å²) in [6.07, 6.45) is 8.40. The molecule has 0 aliphatic heterocycles. The largest absolute Gasteiger partial charge is 0.378 e. The van der Waals surface area contributed by atoms with Crippen LogP contribution >= 0.6 is 0 Å². The third kappa shape index (κ3) is 5.52. The number of nitrogens with zero attached hydrogens (tertiary/aromatic N) is 1. The van der Waals surface area contributed by atoms with E-state index in [1.807, 2.05) is 0 Å². The Hall–Kier alpha value is -0.590. The Labute approximate surface area is 105 Å². The van der Waals surface area contributed by atoms with Gasteiger partial charge in [0.15, 0.2) is 0 Å². The quantitative estimate of drug-likeness (QED) is 0.724. The second kappa shape index (κ2) is 6.98. The van der Waals surface area contributed by atoms with Crippen molar-refractivity contribution >= 4 is 0 Å². The van der Waals surface area contributed by atoms with Gasteiger partial charge in [-0.2, -0.15) is 5.26 Å². The summed E-state index contributed by atoms with van der Waals surface area (Å²) in [6.45, 7) is 4.79. The van der Waals surface area contributed by atoms with Crippen molar-refractivity contribution in [3.63, 3.8) is 0 Å². The van der Waals surface area contributed by atoms with Gasteiger partial charge >= 0.3 is 0 Å². The zero-order chi connectivity index (χ0) is 12.7. The monoisotopic (exact) mass is 238 g/mol. The minimum Gasteiger partial charge on any atom is -0.378 e. The van der Waals surface area contributed by atoms with Crippen LogP contribution in [0, 0.1) is 17.2 Å². The van der Waals surface area contributed by atoms with E-state index in [1.165, 1.54) is 32.1 Å². The summed E-state index contributed by atoms with van der Waals surface area (Å²) >= 11 is 0. The smallest absolute Gasteiger partial charge is 0.101 e. The van der Waals surface area contributed by atoms with Crippen LogP contribution in [-0.2, 0) is 4.74 Å². The van der Waals surface area contributed by atoms with Gasteiger partial charge in [-0.1, -0.05) is 26.2 Å². The van der Waals surface area contributed by atoms with E-state index in [-0.39, 0.29) is 0 Å². The van der Waals surface area contributed by atoms with E-state index < -0.39 is 5.54 Å². The van der Waals surface area contributed by atoms with Gasteiger partial charge in [-0.05, 0) is 38.5 Å². The molecule has 3 nitrogen and oxygen atoms in total. The van der Waals surface area contributed by atoms with Crippen LogP contribution in [0.15, 0.2) is 0 Å². The van der Waals surface area contributed by atoms with E-state index >= 15 is 0 Å². The normalized spacial score (nSPS) is 28.4.